The normalized spacial score (nSPS) is 48.9. The maximum Gasteiger partial charge on any atom is 0.280 e. The third-order valence-corrected chi connectivity index (χ3v) is 2.02. The highest BCUT2D eigenvalue weighted by atomic mass is 16.7. The van der Waals surface area contributed by atoms with E-state index in [1.165, 1.54) is 0 Å². The van der Waals surface area contributed by atoms with E-state index in [-0.39, 0.29) is 0 Å². The quantitative estimate of drug-likeness (QED) is 0.255. The number of carbonyl (C=O) groups is 1. The van der Waals surface area contributed by atoms with Gasteiger partial charge in [0.1, 0.15) is 18.3 Å². The Kier molecular flexibility index (Phi) is 2.76. The lowest BCUT2D eigenvalue weighted by atomic mass is 9.95. The molecule has 1 amide bonds. The Bertz CT molecular complexity index is 246. The van der Waals surface area contributed by atoms with Crippen LogP contribution >= 0.6 is 0 Å². The molecule has 8 heteroatoms. The SMILES string of the molecule is NC(=O)[C@]1(O)O[C@H](O)[C@H](O)[C@H](O)[C@@H]1O. The zero-order valence-electron chi connectivity index (χ0n) is 6.94. The van der Waals surface area contributed by atoms with Crippen LogP contribution in [0.3, 0.4) is 0 Å². The van der Waals surface area contributed by atoms with Crippen molar-refractivity contribution in [1.29, 1.82) is 0 Å². The molecule has 1 rings (SSSR count). The Balaban J connectivity index is 2.96. The molecular weight excluding hydrogens is 198 g/mol. The maximum absolute atomic E-state index is 10.7. The number of amides is 1. The van der Waals surface area contributed by atoms with Gasteiger partial charge in [-0.25, -0.2) is 0 Å². The van der Waals surface area contributed by atoms with Gasteiger partial charge in [-0.05, 0) is 0 Å². The van der Waals surface area contributed by atoms with Gasteiger partial charge in [0.05, 0.1) is 0 Å². The number of carbonyl (C=O) groups excluding carboxylic acids is 1. The summed E-state index contributed by atoms with van der Waals surface area (Å²) in [6.07, 6.45) is -7.90. The molecule has 1 heterocycles. The predicted octanol–water partition coefficient (Wildman–Crippen LogP) is -4.41. The zero-order valence-corrected chi connectivity index (χ0v) is 6.94. The van der Waals surface area contributed by atoms with Crippen molar-refractivity contribution in [3.05, 3.63) is 0 Å². The molecule has 0 unspecified atom stereocenters. The third-order valence-electron chi connectivity index (χ3n) is 2.02. The van der Waals surface area contributed by atoms with Gasteiger partial charge >= 0.3 is 0 Å². The summed E-state index contributed by atoms with van der Waals surface area (Å²) in [6, 6.07) is 0. The number of rotatable bonds is 1. The van der Waals surface area contributed by atoms with E-state index in [9.17, 15) is 9.90 Å². The van der Waals surface area contributed by atoms with E-state index in [4.69, 9.17) is 20.4 Å². The van der Waals surface area contributed by atoms with Gasteiger partial charge in [-0.3, -0.25) is 4.79 Å². The van der Waals surface area contributed by atoms with E-state index in [0.717, 1.165) is 0 Å². The average Bonchev–Trinajstić information content (AvgIpc) is 2.11. The average molecular weight is 209 g/mol. The molecule has 7 N–H and O–H groups in total. The number of primary amides is 1. The summed E-state index contributed by atoms with van der Waals surface area (Å²) in [6.45, 7) is 0. The molecule has 1 saturated heterocycles. The second-order valence-corrected chi connectivity index (χ2v) is 3.00. The number of nitrogens with two attached hydrogens (primary N) is 1. The molecule has 0 bridgehead atoms. The van der Waals surface area contributed by atoms with Crippen molar-refractivity contribution in [3.8, 4) is 0 Å². The topological polar surface area (TPSA) is 153 Å². The zero-order chi connectivity index (χ0) is 11.1. The highest BCUT2D eigenvalue weighted by molar-refractivity contribution is 5.82. The molecule has 14 heavy (non-hydrogen) atoms. The standard InChI is InChI=1S/C6H11NO7/c7-5(12)6(13)3(10)1(8)2(9)4(11)14-6/h1-4,8-11,13H,(H2,7,12)/t1-,2+,3-,4-,6+/m0/s1. The summed E-state index contributed by atoms with van der Waals surface area (Å²) in [5.41, 5.74) is 4.68. The number of aliphatic hydroxyl groups is 5. The van der Waals surface area contributed by atoms with Crippen LogP contribution < -0.4 is 5.73 Å². The predicted molar refractivity (Wildman–Crippen MR) is 39.3 cm³/mol. The van der Waals surface area contributed by atoms with Crippen molar-refractivity contribution in [2.24, 2.45) is 5.73 Å². The van der Waals surface area contributed by atoms with Gasteiger partial charge in [-0.1, -0.05) is 0 Å². The van der Waals surface area contributed by atoms with Gasteiger partial charge in [0.15, 0.2) is 6.29 Å². The Morgan fingerprint density at radius 1 is 1.21 bits per heavy atom. The van der Waals surface area contributed by atoms with E-state index in [1.807, 2.05) is 0 Å². The lowest BCUT2D eigenvalue weighted by Gasteiger charge is -2.41. The van der Waals surface area contributed by atoms with E-state index >= 15 is 0 Å². The smallest absolute Gasteiger partial charge is 0.280 e. The molecule has 1 fully saturated rings. The first-order valence-electron chi connectivity index (χ1n) is 3.73. The highest BCUT2D eigenvalue weighted by Crippen LogP contribution is 2.26. The molecule has 0 saturated carbocycles. The minimum Gasteiger partial charge on any atom is -0.387 e. The van der Waals surface area contributed by atoms with Crippen LogP contribution in [0.5, 0.6) is 0 Å². The van der Waals surface area contributed by atoms with Gasteiger partial charge in [0.25, 0.3) is 11.7 Å². The minimum absolute atomic E-state index is 1.48. The van der Waals surface area contributed by atoms with Crippen LogP contribution in [0.1, 0.15) is 0 Å². The van der Waals surface area contributed by atoms with Crippen molar-refractivity contribution in [2.45, 2.75) is 30.4 Å². The van der Waals surface area contributed by atoms with Crippen LogP contribution in [0.15, 0.2) is 0 Å². The minimum atomic E-state index is -2.90. The Morgan fingerprint density at radius 3 is 2.14 bits per heavy atom. The third kappa shape index (κ3) is 1.47. The Labute approximate surface area is 78.1 Å². The van der Waals surface area contributed by atoms with Crippen molar-refractivity contribution < 1.29 is 35.1 Å². The molecule has 5 atom stereocenters. The van der Waals surface area contributed by atoms with Crippen LogP contribution in [-0.4, -0.2) is 61.8 Å². The van der Waals surface area contributed by atoms with Crippen molar-refractivity contribution in [2.75, 3.05) is 0 Å². The monoisotopic (exact) mass is 209 g/mol. The van der Waals surface area contributed by atoms with Gasteiger partial charge in [-0.2, -0.15) is 0 Å². The molecule has 0 aromatic heterocycles. The molecule has 0 aromatic rings. The summed E-state index contributed by atoms with van der Waals surface area (Å²) < 4.78 is 4.21. The van der Waals surface area contributed by atoms with Gasteiger partial charge < -0.3 is 36.0 Å². The lowest BCUT2D eigenvalue weighted by Crippen LogP contribution is -2.68. The Morgan fingerprint density at radius 2 is 1.71 bits per heavy atom. The van der Waals surface area contributed by atoms with Crippen molar-refractivity contribution >= 4 is 5.91 Å². The summed E-state index contributed by atoms with van der Waals surface area (Å²) in [5.74, 6) is -4.38. The second kappa shape index (κ2) is 3.42. The van der Waals surface area contributed by atoms with Gasteiger partial charge in [0, 0.05) is 0 Å². The molecule has 0 radical (unpaired) electrons. The number of hydrogen-bond donors (Lipinski definition) is 6. The first kappa shape index (κ1) is 11.3. The first-order chi connectivity index (χ1) is 6.30. The van der Waals surface area contributed by atoms with Crippen LogP contribution in [0.25, 0.3) is 0 Å². The van der Waals surface area contributed by atoms with E-state index < -0.39 is 36.3 Å². The Hall–Kier alpha value is -0.770. The van der Waals surface area contributed by atoms with Crippen LogP contribution in [0.4, 0.5) is 0 Å². The fraction of sp³-hybridized carbons (Fsp3) is 0.833. The fourth-order valence-corrected chi connectivity index (χ4v) is 1.11. The molecule has 0 spiro atoms. The van der Waals surface area contributed by atoms with Gasteiger partial charge in [0.2, 0.25) is 0 Å². The molecule has 0 aliphatic carbocycles. The van der Waals surface area contributed by atoms with Crippen molar-refractivity contribution in [1.82, 2.24) is 0 Å². The molecule has 8 nitrogen and oxygen atoms in total. The summed E-state index contributed by atoms with van der Waals surface area (Å²) in [4.78, 5) is 10.7. The highest BCUT2D eigenvalue weighted by Gasteiger charge is 2.56. The molecule has 82 valence electrons. The van der Waals surface area contributed by atoms with E-state index in [0.29, 0.717) is 0 Å². The molecule has 1 aliphatic rings. The summed E-state index contributed by atoms with van der Waals surface area (Å²) in [7, 11) is 0. The van der Waals surface area contributed by atoms with Crippen LogP contribution in [0, 0.1) is 0 Å². The second-order valence-electron chi connectivity index (χ2n) is 3.00. The molecular formula is C6H11NO7. The largest absolute Gasteiger partial charge is 0.387 e. The fourth-order valence-electron chi connectivity index (χ4n) is 1.11. The first-order valence-corrected chi connectivity index (χ1v) is 3.73. The van der Waals surface area contributed by atoms with E-state index in [1.54, 1.807) is 0 Å². The lowest BCUT2D eigenvalue weighted by molar-refractivity contribution is -0.365. The van der Waals surface area contributed by atoms with Crippen LogP contribution in [0.2, 0.25) is 0 Å². The number of aliphatic hydroxyl groups excluding tert-OH is 4. The maximum atomic E-state index is 10.7. The number of ether oxygens (including phenoxy) is 1. The summed E-state index contributed by atoms with van der Waals surface area (Å²) in [5, 5.41) is 45.5. The summed E-state index contributed by atoms with van der Waals surface area (Å²) >= 11 is 0. The number of hydrogen-bond acceptors (Lipinski definition) is 7. The van der Waals surface area contributed by atoms with Gasteiger partial charge in [-0.15, -0.1) is 0 Å². The van der Waals surface area contributed by atoms with E-state index in [2.05, 4.69) is 10.5 Å². The molecule has 1 aliphatic heterocycles. The van der Waals surface area contributed by atoms with Crippen LogP contribution in [-0.2, 0) is 9.53 Å². The van der Waals surface area contributed by atoms with Crippen molar-refractivity contribution in [3.63, 3.8) is 0 Å². The molecule has 0 aromatic carbocycles.